The van der Waals surface area contributed by atoms with Crippen LogP contribution >= 0.6 is 0 Å². The molecule has 9 nitrogen and oxygen atoms in total. The number of hydrogen-bond donors (Lipinski definition) is 2. The molecule has 9 heteroatoms. The lowest BCUT2D eigenvalue weighted by molar-refractivity contribution is 0.0684. The fraction of sp³-hybridized carbons (Fsp3) is 0.100. The molecule has 146 valence electrons. The van der Waals surface area contributed by atoms with Gasteiger partial charge in [-0.25, -0.2) is 19.6 Å². The Morgan fingerprint density at radius 2 is 1.97 bits per heavy atom. The van der Waals surface area contributed by atoms with Crippen LogP contribution < -0.4 is 15.2 Å². The van der Waals surface area contributed by atoms with Crippen molar-refractivity contribution in [3.63, 3.8) is 0 Å². The van der Waals surface area contributed by atoms with E-state index in [1.54, 1.807) is 18.2 Å². The molecule has 0 aliphatic heterocycles. The van der Waals surface area contributed by atoms with E-state index in [-0.39, 0.29) is 5.65 Å². The fourth-order valence-corrected chi connectivity index (χ4v) is 2.91. The molecular formula is C20H16N4O5. The van der Waals surface area contributed by atoms with Gasteiger partial charge in [0.1, 0.15) is 12.1 Å². The summed E-state index contributed by atoms with van der Waals surface area (Å²) in [6, 6.07) is 14.8. The number of carboxylic acids is 1. The monoisotopic (exact) mass is 392 g/mol. The van der Waals surface area contributed by atoms with Gasteiger partial charge in [-0.2, -0.15) is 0 Å². The van der Waals surface area contributed by atoms with Crippen LogP contribution in [0.5, 0.6) is 11.5 Å². The van der Waals surface area contributed by atoms with Crippen LogP contribution in [0.3, 0.4) is 0 Å². The zero-order valence-electron chi connectivity index (χ0n) is 15.3. The first-order chi connectivity index (χ1) is 14.1. The van der Waals surface area contributed by atoms with Crippen molar-refractivity contribution in [2.45, 2.75) is 6.61 Å². The summed E-state index contributed by atoms with van der Waals surface area (Å²) in [5, 5.41) is 9.01. The van der Waals surface area contributed by atoms with Gasteiger partial charge in [0.2, 0.25) is 5.82 Å². The zero-order chi connectivity index (χ0) is 20.4. The van der Waals surface area contributed by atoms with Crippen LogP contribution in [-0.4, -0.2) is 37.7 Å². The maximum absolute atomic E-state index is 12.4. The first-order valence-electron chi connectivity index (χ1n) is 8.63. The Balaban J connectivity index is 1.70. The fourth-order valence-electron chi connectivity index (χ4n) is 2.91. The van der Waals surface area contributed by atoms with Gasteiger partial charge in [0.15, 0.2) is 17.1 Å². The molecule has 4 aromatic rings. The van der Waals surface area contributed by atoms with Crippen LogP contribution in [0.25, 0.3) is 16.9 Å². The molecule has 0 aliphatic carbocycles. The Morgan fingerprint density at radius 3 is 2.69 bits per heavy atom. The molecule has 2 heterocycles. The molecule has 0 amide bonds. The number of methoxy groups -OCH3 is 1. The number of carboxylic acid groups (broad SMARTS) is 1. The number of H-pyrrole nitrogens is 1. The summed E-state index contributed by atoms with van der Waals surface area (Å²) in [6.45, 7) is 0.370. The van der Waals surface area contributed by atoms with E-state index in [9.17, 15) is 9.59 Å². The number of aromatic nitrogens is 4. The highest BCUT2D eigenvalue weighted by molar-refractivity contribution is 5.85. The number of nitrogens with one attached hydrogen (secondary N) is 1. The van der Waals surface area contributed by atoms with E-state index in [1.165, 1.54) is 17.9 Å². The molecule has 0 aliphatic rings. The summed E-state index contributed by atoms with van der Waals surface area (Å²) in [5.41, 5.74) is 1.51. The summed E-state index contributed by atoms with van der Waals surface area (Å²) in [4.78, 5) is 33.7. The second kappa shape index (κ2) is 7.47. The summed E-state index contributed by atoms with van der Waals surface area (Å²) in [6.07, 6.45) is 1.29. The molecule has 4 rings (SSSR count). The van der Waals surface area contributed by atoms with E-state index < -0.39 is 17.5 Å². The predicted octanol–water partition coefficient (Wildman–Crippen LogP) is 2.39. The van der Waals surface area contributed by atoms with Gasteiger partial charge < -0.3 is 14.6 Å². The number of benzene rings is 2. The number of nitrogens with zero attached hydrogens (tertiary/aromatic N) is 3. The normalized spacial score (nSPS) is 10.8. The van der Waals surface area contributed by atoms with Crippen molar-refractivity contribution in [3.8, 4) is 17.2 Å². The van der Waals surface area contributed by atoms with Gasteiger partial charge in [-0.3, -0.25) is 9.55 Å². The Labute approximate surface area is 164 Å². The summed E-state index contributed by atoms with van der Waals surface area (Å²) >= 11 is 0. The maximum Gasteiger partial charge on any atom is 0.374 e. The third-order valence-electron chi connectivity index (χ3n) is 4.27. The van der Waals surface area contributed by atoms with Crippen LogP contribution in [0.4, 0.5) is 0 Å². The average molecular weight is 392 g/mol. The first-order valence-corrected chi connectivity index (χ1v) is 8.63. The van der Waals surface area contributed by atoms with Crippen molar-refractivity contribution < 1.29 is 19.4 Å². The van der Waals surface area contributed by atoms with E-state index in [4.69, 9.17) is 14.6 Å². The number of aromatic carboxylic acids is 1. The Kier molecular flexibility index (Phi) is 4.70. The molecule has 0 saturated carbocycles. The first kappa shape index (κ1) is 18.2. The van der Waals surface area contributed by atoms with Crippen molar-refractivity contribution in [3.05, 3.63) is 76.6 Å². The lowest BCUT2D eigenvalue weighted by Crippen LogP contribution is -2.14. The van der Waals surface area contributed by atoms with Crippen LogP contribution in [0, 0.1) is 0 Å². The number of rotatable bonds is 6. The molecule has 2 N–H and O–H groups in total. The molecule has 29 heavy (non-hydrogen) atoms. The SMILES string of the molecule is COc1cc(-n2c(=O)[nH]c3nc(C(=O)O)ncc32)ccc1OCc1ccccc1. The number of ether oxygens (including phenoxy) is 2. The largest absolute Gasteiger partial charge is 0.493 e. The smallest absolute Gasteiger partial charge is 0.374 e. The molecule has 0 saturated heterocycles. The van der Waals surface area contributed by atoms with Gasteiger partial charge in [0, 0.05) is 6.07 Å². The number of imidazole rings is 1. The van der Waals surface area contributed by atoms with Crippen LogP contribution in [-0.2, 0) is 6.61 Å². The molecule has 0 atom stereocenters. The second-order valence-electron chi connectivity index (χ2n) is 6.11. The van der Waals surface area contributed by atoms with E-state index in [2.05, 4.69) is 15.0 Å². The summed E-state index contributed by atoms with van der Waals surface area (Å²) < 4.78 is 12.6. The van der Waals surface area contributed by atoms with E-state index in [0.29, 0.717) is 29.3 Å². The molecule has 2 aromatic carbocycles. The third kappa shape index (κ3) is 3.53. The van der Waals surface area contributed by atoms with Gasteiger partial charge >= 0.3 is 11.7 Å². The van der Waals surface area contributed by atoms with E-state index in [1.807, 2.05) is 30.3 Å². The highest BCUT2D eigenvalue weighted by Gasteiger charge is 2.16. The molecule has 0 fully saturated rings. The minimum Gasteiger partial charge on any atom is -0.493 e. The lowest BCUT2D eigenvalue weighted by Gasteiger charge is -2.12. The molecule has 0 bridgehead atoms. The van der Waals surface area contributed by atoms with Crippen molar-refractivity contribution >= 4 is 17.1 Å². The quantitative estimate of drug-likeness (QED) is 0.517. The van der Waals surface area contributed by atoms with Gasteiger partial charge in [-0.15, -0.1) is 0 Å². The van der Waals surface area contributed by atoms with E-state index in [0.717, 1.165) is 5.56 Å². The summed E-state index contributed by atoms with van der Waals surface area (Å²) in [5.74, 6) is -0.699. The van der Waals surface area contributed by atoms with Crippen molar-refractivity contribution in [2.24, 2.45) is 0 Å². The Bertz CT molecular complexity index is 1250. The van der Waals surface area contributed by atoms with Crippen molar-refractivity contribution in [2.75, 3.05) is 7.11 Å². The van der Waals surface area contributed by atoms with Crippen molar-refractivity contribution in [1.82, 2.24) is 19.5 Å². The number of hydrogen-bond acceptors (Lipinski definition) is 6. The van der Waals surface area contributed by atoms with Crippen LogP contribution in [0.1, 0.15) is 16.2 Å². The molecule has 0 radical (unpaired) electrons. The Hall–Kier alpha value is -4.14. The summed E-state index contributed by atoms with van der Waals surface area (Å²) in [7, 11) is 1.51. The molecule has 2 aromatic heterocycles. The van der Waals surface area contributed by atoms with E-state index >= 15 is 0 Å². The van der Waals surface area contributed by atoms with Crippen LogP contribution in [0.2, 0.25) is 0 Å². The maximum atomic E-state index is 12.4. The second-order valence-corrected chi connectivity index (χ2v) is 6.11. The average Bonchev–Trinajstić information content (AvgIpc) is 3.07. The highest BCUT2D eigenvalue weighted by atomic mass is 16.5. The highest BCUT2D eigenvalue weighted by Crippen LogP contribution is 2.30. The number of fused-ring (bicyclic) bond motifs is 1. The van der Waals surface area contributed by atoms with Gasteiger partial charge in [0.05, 0.1) is 19.0 Å². The lowest BCUT2D eigenvalue weighted by atomic mass is 10.2. The molecule has 0 unspecified atom stereocenters. The van der Waals surface area contributed by atoms with Gasteiger partial charge in [-0.1, -0.05) is 30.3 Å². The molecule has 0 spiro atoms. The topological polar surface area (TPSA) is 119 Å². The standard InChI is InChI=1S/C20H16N4O5/c1-28-16-9-13(7-8-15(16)29-11-12-5-3-2-4-6-12)24-14-10-21-18(19(25)26)22-17(14)23-20(24)27/h2-10H,11H2,1H3,(H,25,26)(H,21,22,23,27). The molecular weight excluding hydrogens is 376 g/mol. The predicted molar refractivity (Wildman–Crippen MR) is 104 cm³/mol. The minimum atomic E-state index is -1.28. The van der Waals surface area contributed by atoms with Gasteiger partial charge in [0.25, 0.3) is 0 Å². The van der Waals surface area contributed by atoms with Gasteiger partial charge in [-0.05, 0) is 17.7 Å². The number of carbonyl (C=O) groups is 1. The Morgan fingerprint density at radius 1 is 1.17 bits per heavy atom. The third-order valence-corrected chi connectivity index (χ3v) is 4.27. The van der Waals surface area contributed by atoms with Crippen molar-refractivity contribution in [1.29, 1.82) is 0 Å². The van der Waals surface area contributed by atoms with Crippen LogP contribution in [0.15, 0.2) is 59.5 Å². The minimum absolute atomic E-state index is 0.130. The zero-order valence-corrected chi connectivity index (χ0v) is 15.3. The number of aromatic amines is 1.